The Morgan fingerprint density at radius 3 is 2.60 bits per heavy atom. The van der Waals surface area contributed by atoms with Crippen LogP contribution in [-0.2, 0) is 7.05 Å². The highest BCUT2D eigenvalue weighted by Gasteiger charge is 2.39. The van der Waals surface area contributed by atoms with Crippen molar-refractivity contribution in [2.75, 3.05) is 25.0 Å². The maximum atomic E-state index is 4.49. The summed E-state index contributed by atoms with van der Waals surface area (Å²) in [6, 6.07) is 10.0. The van der Waals surface area contributed by atoms with Crippen molar-refractivity contribution < 1.29 is 0 Å². The lowest BCUT2D eigenvalue weighted by Gasteiger charge is -2.34. The smallest absolute Gasteiger partial charge is 0.191 e. The van der Waals surface area contributed by atoms with E-state index < -0.39 is 0 Å². The van der Waals surface area contributed by atoms with Crippen molar-refractivity contribution in [3.8, 4) is 0 Å². The molecule has 4 rings (SSSR count). The molecule has 1 aliphatic carbocycles. The van der Waals surface area contributed by atoms with Crippen LogP contribution in [0.4, 0.5) is 5.69 Å². The highest BCUT2D eigenvalue weighted by Crippen LogP contribution is 2.41. The van der Waals surface area contributed by atoms with Crippen molar-refractivity contribution in [1.82, 2.24) is 20.4 Å². The molecule has 1 saturated carbocycles. The molecule has 2 heterocycles. The van der Waals surface area contributed by atoms with Crippen LogP contribution in [0, 0.1) is 0 Å². The monoisotopic (exact) mass is 522 g/mol. The summed E-state index contributed by atoms with van der Waals surface area (Å²) in [7, 11) is 3.84. The molecule has 0 amide bonds. The van der Waals surface area contributed by atoms with Crippen LogP contribution in [0.25, 0.3) is 0 Å². The third kappa shape index (κ3) is 5.47. The van der Waals surface area contributed by atoms with Crippen LogP contribution in [0.1, 0.15) is 56.1 Å². The Kier molecular flexibility index (Phi) is 7.65. The average Bonchev–Trinajstić information content (AvgIpc) is 3.36. The molecule has 1 aromatic carbocycles. The van der Waals surface area contributed by atoms with Crippen molar-refractivity contribution in [3.63, 3.8) is 0 Å². The second-order valence-electron chi connectivity index (χ2n) is 8.79. The molecule has 0 bridgehead atoms. The summed E-state index contributed by atoms with van der Waals surface area (Å²) in [5.41, 5.74) is 4.05. The minimum atomic E-state index is 0. The van der Waals surface area contributed by atoms with Gasteiger partial charge in [-0.2, -0.15) is 5.10 Å². The second kappa shape index (κ2) is 10.0. The molecule has 3 atom stereocenters. The molecular weight excluding hydrogens is 487 g/mol. The Labute approximate surface area is 197 Å². The normalized spacial score (nSPS) is 23.8. The third-order valence-corrected chi connectivity index (χ3v) is 6.19. The summed E-state index contributed by atoms with van der Waals surface area (Å²) >= 11 is 0. The number of hydrogen-bond acceptors (Lipinski definition) is 3. The summed E-state index contributed by atoms with van der Waals surface area (Å²) in [6.45, 7) is 6.56. The van der Waals surface area contributed by atoms with E-state index in [1.807, 2.05) is 25.0 Å². The first-order valence-corrected chi connectivity index (χ1v) is 10.9. The minimum Gasteiger partial charge on any atom is -0.367 e. The Bertz CT molecular complexity index is 844. The molecular formula is C23H35IN6. The van der Waals surface area contributed by atoms with Crippen LogP contribution in [0.2, 0.25) is 0 Å². The first-order chi connectivity index (χ1) is 14.0. The Balaban J connectivity index is 0.00000256. The highest BCUT2D eigenvalue weighted by molar-refractivity contribution is 14.0. The van der Waals surface area contributed by atoms with Gasteiger partial charge in [0.15, 0.2) is 5.96 Å². The van der Waals surface area contributed by atoms with E-state index in [1.54, 1.807) is 0 Å². The maximum Gasteiger partial charge on any atom is 0.191 e. The fraction of sp³-hybridized carbons (Fsp3) is 0.565. The number of nitrogens with one attached hydrogen (secondary N) is 2. The van der Waals surface area contributed by atoms with Gasteiger partial charge in [0.25, 0.3) is 0 Å². The third-order valence-electron chi connectivity index (χ3n) is 6.19. The molecule has 6 nitrogen and oxygen atoms in total. The van der Waals surface area contributed by atoms with Gasteiger partial charge in [-0.3, -0.25) is 9.67 Å². The van der Waals surface area contributed by atoms with E-state index in [0.717, 1.165) is 19.0 Å². The second-order valence-corrected chi connectivity index (χ2v) is 8.79. The Morgan fingerprint density at radius 1 is 1.20 bits per heavy atom. The zero-order valence-corrected chi connectivity index (χ0v) is 20.8. The zero-order chi connectivity index (χ0) is 20.4. The van der Waals surface area contributed by atoms with Crippen LogP contribution < -0.4 is 15.5 Å². The molecule has 2 fully saturated rings. The summed E-state index contributed by atoms with van der Waals surface area (Å²) in [5, 5.41) is 11.6. The van der Waals surface area contributed by atoms with E-state index in [9.17, 15) is 0 Å². The molecule has 30 heavy (non-hydrogen) atoms. The van der Waals surface area contributed by atoms with Crippen molar-refractivity contribution in [2.45, 2.75) is 57.0 Å². The molecule has 1 aliphatic heterocycles. The largest absolute Gasteiger partial charge is 0.367 e. The molecule has 2 aromatic rings. The Hall–Kier alpha value is -1.77. The van der Waals surface area contributed by atoms with E-state index in [4.69, 9.17) is 0 Å². The number of nitrogens with zero attached hydrogens (tertiary/aromatic N) is 4. The number of aliphatic imine (C=N–C) groups is 1. The number of halogens is 1. The molecule has 1 saturated heterocycles. The quantitative estimate of drug-likeness (QED) is 0.356. The molecule has 0 radical (unpaired) electrons. The van der Waals surface area contributed by atoms with Gasteiger partial charge in [0, 0.05) is 51.4 Å². The topological polar surface area (TPSA) is 57.5 Å². The number of anilines is 1. The van der Waals surface area contributed by atoms with Crippen LogP contribution in [-0.4, -0.2) is 48.0 Å². The summed E-state index contributed by atoms with van der Waals surface area (Å²) in [5.74, 6) is 2.10. The van der Waals surface area contributed by atoms with Crippen molar-refractivity contribution >= 4 is 35.6 Å². The molecule has 2 aliphatic rings. The standard InChI is InChI=1S/C23H34N6.HI/c1-16(2)17-7-9-18(10-8-17)21-12-22(21)27-23(24-3)26-19-6-5-11-29(14-19)20-13-25-28(4)15-20;/h7-10,13,15-16,19,21-22H,5-6,11-12,14H2,1-4H3,(H2,24,26,27);1H. The molecule has 2 N–H and O–H groups in total. The predicted molar refractivity (Wildman–Crippen MR) is 135 cm³/mol. The van der Waals surface area contributed by atoms with Gasteiger partial charge in [0.1, 0.15) is 0 Å². The van der Waals surface area contributed by atoms with Gasteiger partial charge >= 0.3 is 0 Å². The lowest BCUT2D eigenvalue weighted by atomic mass is 10.0. The fourth-order valence-electron chi connectivity index (χ4n) is 4.29. The fourth-order valence-corrected chi connectivity index (χ4v) is 4.29. The first kappa shape index (κ1) is 22.9. The van der Waals surface area contributed by atoms with Crippen molar-refractivity contribution in [3.05, 3.63) is 47.8 Å². The molecule has 7 heteroatoms. The van der Waals surface area contributed by atoms with Crippen molar-refractivity contribution in [1.29, 1.82) is 0 Å². The van der Waals surface area contributed by atoms with Gasteiger partial charge in [0.2, 0.25) is 0 Å². The van der Waals surface area contributed by atoms with Gasteiger partial charge in [-0.15, -0.1) is 24.0 Å². The highest BCUT2D eigenvalue weighted by atomic mass is 127. The SMILES string of the molecule is CN=C(NC1CCCN(c2cnn(C)c2)C1)NC1CC1c1ccc(C(C)C)cc1.I. The number of piperidine rings is 1. The van der Waals surface area contributed by atoms with Gasteiger partial charge in [-0.05, 0) is 36.3 Å². The van der Waals surface area contributed by atoms with Crippen LogP contribution >= 0.6 is 24.0 Å². The lowest BCUT2D eigenvalue weighted by Crippen LogP contribution is -2.51. The maximum absolute atomic E-state index is 4.49. The van der Waals surface area contributed by atoms with Crippen LogP contribution in [0.5, 0.6) is 0 Å². The average molecular weight is 522 g/mol. The number of guanidine groups is 1. The van der Waals surface area contributed by atoms with E-state index in [0.29, 0.717) is 23.9 Å². The van der Waals surface area contributed by atoms with E-state index >= 15 is 0 Å². The molecule has 1 aromatic heterocycles. The number of aryl methyl sites for hydroxylation is 1. The molecule has 3 unspecified atom stereocenters. The van der Waals surface area contributed by atoms with Crippen LogP contribution in [0.15, 0.2) is 41.7 Å². The van der Waals surface area contributed by atoms with E-state index in [-0.39, 0.29) is 24.0 Å². The number of benzene rings is 1. The minimum absolute atomic E-state index is 0. The van der Waals surface area contributed by atoms with Gasteiger partial charge < -0.3 is 15.5 Å². The number of rotatable bonds is 5. The summed E-state index contributed by atoms with van der Waals surface area (Å²) in [6.07, 6.45) is 7.57. The molecule has 164 valence electrons. The lowest BCUT2D eigenvalue weighted by molar-refractivity contribution is 0.467. The Morgan fingerprint density at radius 2 is 1.97 bits per heavy atom. The van der Waals surface area contributed by atoms with Crippen molar-refractivity contribution in [2.24, 2.45) is 12.0 Å². The predicted octanol–water partition coefficient (Wildman–Crippen LogP) is 3.85. The van der Waals surface area contributed by atoms with Gasteiger partial charge in [-0.25, -0.2) is 0 Å². The molecule has 0 spiro atoms. The van der Waals surface area contributed by atoms with E-state index in [2.05, 4.69) is 69.9 Å². The van der Waals surface area contributed by atoms with E-state index in [1.165, 1.54) is 36.1 Å². The zero-order valence-electron chi connectivity index (χ0n) is 18.5. The number of hydrogen-bond donors (Lipinski definition) is 2. The number of aromatic nitrogens is 2. The summed E-state index contributed by atoms with van der Waals surface area (Å²) in [4.78, 5) is 6.90. The van der Waals surface area contributed by atoms with Gasteiger partial charge in [-0.1, -0.05) is 38.1 Å². The first-order valence-electron chi connectivity index (χ1n) is 10.9. The van der Waals surface area contributed by atoms with Gasteiger partial charge in [0.05, 0.1) is 11.9 Å². The van der Waals surface area contributed by atoms with Crippen LogP contribution in [0.3, 0.4) is 0 Å². The summed E-state index contributed by atoms with van der Waals surface area (Å²) < 4.78 is 1.87.